The first kappa shape index (κ1) is 27.9. The molecule has 2 aliphatic carbocycles. The van der Waals surface area contributed by atoms with E-state index in [1.165, 1.54) is 12.8 Å². The molecule has 1 saturated heterocycles. The molecule has 3 fully saturated rings. The highest BCUT2D eigenvalue weighted by Gasteiger charge is 2.28. The second kappa shape index (κ2) is 11.2. The van der Waals surface area contributed by atoms with E-state index in [9.17, 15) is 14.7 Å². The number of piperidine rings is 1. The van der Waals surface area contributed by atoms with E-state index in [0.717, 1.165) is 55.0 Å². The second-order valence-corrected chi connectivity index (χ2v) is 13.4. The lowest BCUT2D eigenvalue weighted by molar-refractivity contribution is 0.0184. The van der Waals surface area contributed by atoms with Crippen LogP contribution in [0.4, 0.5) is 10.7 Å². The monoisotopic (exact) mass is 561 g/mol. The van der Waals surface area contributed by atoms with Crippen molar-refractivity contribution in [3.8, 4) is 0 Å². The summed E-state index contributed by atoms with van der Waals surface area (Å²) in [6.07, 6.45) is 9.39. The molecule has 0 spiro atoms. The highest BCUT2D eigenvalue weighted by atomic mass is 16.6. The summed E-state index contributed by atoms with van der Waals surface area (Å²) >= 11 is 0. The van der Waals surface area contributed by atoms with Crippen LogP contribution in [-0.4, -0.2) is 62.0 Å². The maximum atomic E-state index is 14.1. The van der Waals surface area contributed by atoms with Gasteiger partial charge in [-0.1, -0.05) is 12.1 Å². The summed E-state index contributed by atoms with van der Waals surface area (Å²) in [7, 11) is 0. The molecule has 3 aromatic rings. The quantitative estimate of drug-likeness (QED) is 0.386. The fourth-order valence-electron chi connectivity index (χ4n) is 6.38. The van der Waals surface area contributed by atoms with Crippen molar-refractivity contribution in [1.29, 1.82) is 0 Å². The molecule has 6 rings (SSSR count). The predicted molar refractivity (Wildman–Crippen MR) is 160 cm³/mol. The Balaban J connectivity index is 1.27. The number of carbonyl (C=O) groups is 1. The zero-order valence-electron chi connectivity index (χ0n) is 24.6. The van der Waals surface area contributed by atoms with E-state index in [1.54, 1.807) is 0 Å². The maximum Gasteiger partial charge on any atom is 0.410 e. The summed E-state index contributed by atoms with van der Waals surface area (Å²) in [5.74, 6) is 1.70. The van der Waals surface area contributed by atoms with E-state index in [-0.39, 0.29) is 23.8 Å². The van der Waals surface area contributed by atoms with Crippen molar-refractivity contribution in [2.24, 2.45) is 11.8 Å². The van der Waals surface area contributed by atoms with Crippen LogP contribution in [-0.2, 0) is 11.2 Å². The van der Waals surface area contributed by atoms with Crippen LogP contribution in [0.15, 0.2) is 29.2 Å². The number of nitrogens with zero attached hydrogens (tertiary/aromatic N) is 4. The zero-order valence-corrected chi connectivity index (χ0v) is 24.6. The standard InChI is InChI=1S/C32H43N5O4/c1-32(2,3)41-31(40)36-14-12-20(13-15-36)16-22-6-11-25-26(17-22)29(39)37(23-7-9-24(38)10-8-23)28-27(25)19-34-30(35-28)33-18-21-4-5-21/h6,11,17,19-21,23-24,38H,4-5,7-10,12-16,18H2,1-3H3,(H,33,34,35). The van der Waals surface area contributed by atoms with E-state index in [1.807, 2.05) is 36.4 Å². The first-order valence-electron chi connectivity index (χ1n) is 15.4. The molecule has 41 heavy (non-hydrogen) atoms. The lowest BCUT2D eigenvalue weighted by Crippen LogP contribution is -2.42. The van der Waals surface area contributed by atoms with Crippen LogP contribution in [0, 0.1) is 11.8 Å². The third-order valence-corrected chi connectivity index (χ3v) is 8.89. The Morgan fingerprint density at radius 3 is 2.41 bits per heavy atom. The molecule has 2 N–H and O–H groups in total. The van der Waals surface area contributed by atoms with E-state index >= 15 is 0 Å². The highest BCUT2D eigenvalue weighted by Crippen LogP contribution is 2.33. The van der Waals surface area contributed by atoms with Crippen molar-refractivity contribution < 1.29 is 14.6 Å². The number of rotatable bonds is 6. The molecule has 2 saturated carbocycles. The summed E-state index contributed by atoms with van der Waals surface area (Å²) in [4.78, 5) is 37.9. The molecule has 1 amide bonds. The summed E-state index contributed by atoms with van der Waals surface area (Å²) < 4.78 is 7.44. The summed E-state index contributed by atoms with van der Waals surface area (Å²) in [6.45, 7) is 7.91. The van der Waals surface area contributed by atoms with Crippen LogP contribution < -0.4 is 10.9 Å². The van der Waals surface area contributed by atoms with Gasteiger partial charge in [0.2, 0.25) is 5.95 Å². The van der Waals surface area contributed by atoms with Gasteiger partial charge in [0.25, 0.3) is 5.56 Å². The number of hydrogen-bond donors (Lipinski definition) is 2. The van der Waals surface area contributed by atoms with Crippen molar-refractivity contribution in [3.63, 3.8) is 0 Å². The van der Waals surface area contributed by atoms with Gasteiger partial charge >= 0.3 is 6.09 Å². The van der Waals surface area contributed by atoms with E-state index < -0.39 is 5.60 Å². The Kier molecular flexibility index (Phi) is 7.66. The lowest BCUT2D eigenvalue weighted by Gasteiger charge is -2.33. The van der Waals surface area contributed by atoms with E-state index in [4.69, 9.17) is 9.72 Å². The van der Waals surface area contributed by atoms with Gasteiger partial charge in [-0.2, -0.15) is 4.98 Å². The van der Waals surface area contributed by atoms with Crippen molar-refractivity contribution in [2.45, 2.75) is 96.3 Å². The first-order valence-corrected chi connectivity index (χ1v) is 15.4. The third kappa shape index (κ3) is 6.35. The van der Waals surface area contributed by atoms with Crippen molar-refractivity contribution in [2.75, 3.05) is 25.0 Å². The zero-order chi connectivity index (χ0) is 28.7. The number of aliphatic hydroxyl groups excluding tert-OH is 1. The second-order valence-electron chi connectivity index (χ2n) is 13.4. The van der Waals surface area contributed by atoms with Gasteiger partial charge in [0.15, 0.2) is 0 Å². The number of likely N-dealkylation sites (tertiary alicyclic amines) is 1. The van der Waals surface area contributed by atoms with E-state index in [2.05, 4.69) is 28.5 Å². The number of carbonyl (C=O) groups excluding carboxylic acids is 1. The Bertz CT molecular complexity index is 1480. The van der Waals surface area contributed by atoms with Crippen LogP contribution in [0.2, 0.25) is 0 Å². The van der Waals surface area contributed by atoms with Gasteiger partial charge < -0.3 is 20.1 Å². The molecule has 220 valence electrons. The minimum absolute atomic E-state index is 0.00446. The smallest absolute Gasteiger partial charge is 0.410 e. The molecule has 0 unspecified atom stereocenters. The van der Waals surface area contributed by atoms with Gasteiger partial charge in [0.1, 0.15) is 11.2 Å². The van der Waals surface area contributed by atoms with Crippen LogP contribution in [0.1, 0.15) is 83.7 Å². The average molecular weight is 562 g/mol. The number of fused-ring (bicyclic) bond motifs is 3. The van der Waals surface area contributed by atoms with Gasteiger partial charge in [-0.15, -0.1) is 0 Å². The number of benzene rings is 1. The van der Waals surface area contributed by atoms with Crippen LogP contribution in [0.25, 0.3) is 21.8 Å². The van der Waals surface area contributed by atoms with Crippen molar-refractivity contribution in [1.82, 2.24) is 19.4 Å². The lowest BCUT2D eigenvalue weighted by atomic mass is 9.89. The largest absolute Gasteiger partial charge is 0.444 e. The molecule has 1 aliphatic heterocycles. The summed E-state index contributed by atoms with van der Waals surface area (Å²) in [6, 6.07) is 6.25. The van der Waals surface area contributed by atoms with Gasteiger partial charge in [-0.3, -0.25) is 9.36 Å². The Morgan fingerprint density at radius 2 is 1.73 bits per heavy atom. The Morgan fingerprint density at radius 1 is 1.00 bits per heavy atom. The van der Waals surface area contributed by atoms with Crippen LogP contribution >= 0.6 is 0 Å². The number of aliphatic hydroxyl groups is 1. The van der Waals surface area contributed by atoms with Gasteiger partial charge in [-0.25, -0.2) is 9.78 Å². The molecule has 0 bridgehead atoms. The maximum absolute atomic E-state index is 14.1. The van der Waals surface area contributed by atoms with Gasteiger partial charge in [-0.05, 0) is 107 Å². The normalized spacial score (nSPS) is 22.3. The average Bonchev–Trinajstić information content (AvgIpc) is 3.77. The molecule has 1 aromatic carbocycles. The van der Waals surface area contributed by atoms with Crippen LogP contribution in [0.3, 0.4) is 0 Å². The third-order valence-electron chi connectivity index (χ3n) is 8.89. The molecule has 3 heterocycles. The number of nitrogens with one attached hydrogen (secondary N) is 1. The van der Waals surface area contributed by atoms with Crippen LogP contribution in [0.5, 0.6) is 0 Å². The minimum Gasteiger partial charge on any atom is -0.444 e. The molecular formula is C32H43N5O4. The summed E-state index contributed by atoms with van der Waals surface area (Å²) in [5.41, 5.74) is 1.31. The Hall–Kier alpha value is -3.20. The molecule has 2 aromatic heterocycles. The van der Waals surface area contributed by atoms with E-state index in [0.29, 0.717) is 54.7 Å². The minimum atomic E-state index is -0.493. The number of pyridine rings is 1. The molecule has 3 aliphatic rings. The molecule has 9 nitrogen and oxygen atoms in total. The van der Waals surface area contributed by atoms with Gasteiger partial charge in [0.05, 0.1) is 6.10 Å². The first-order chi connectivity index (χ1) is 19.6. The molecule has 0 radical (unpaired) electrons. The molecule has 0 atom stereocenters. The SMILES string of the molecule is CC(C)(C)OC(=O)N1CCC(Cc2ccc3c(c2)c(=O)n(C2CCC(O)CC2)c2nc(NCC4CC4)ncc32)CC1. The molecule has 9 heteroatoms. The molecular weight excluding hydrogens is 518 g/mol. The Labute approximate surface area is 241 Å². The predicted octanol–water partition coefficient (Wildman–Crippen LogP) is 5.43. The number of hydrogen-bond acceptors (Lipinski definition) is 7. The van der Waals surface area contributed by atoms with Gasteiger partial charge in [0, 0.05) is 42.6 Å². The van der Waals surface area contributed by atoms with Crippen molar-refractivity contribution in [3.05, 3.63) is 40.3 Å². The fourth-order valence-corrected chi connectivity index (χ4v) is 6.38. The number of anilines is 1. The number of ether oxygens (including phenoxy) is 1. The summed E-state index contributed by atoms with van der Waals surface area (Å²) in [5, 5.41) is 16.0. The number of amides is 1. The fraction of sp³-hybridized carbons (Fsp3) is 0.625. The van der Waals surface area contributed by atoms with Crippen molar-refractivity contribution >= 4 is 33.8 Å². The number of aromatic nitrogens is 3. The highest BCUT2D eigenvalue weighted by molar-refractivity contribution is 6.04. The topological polar surface area (TPSA) is 110 Å².